The third kappa shape index (κ3) is 42.1. The number of allylic oxidation sites excluding steroid dienone is 6. The van der Waals surface area contributed by atoms with Crippen LogP contribution in [0.3, 0.4) is 0 Å². The van der Waals surface area contributed by atoms with E-state index in [-0.39, 0.29) is 25.6 Å². The second-order valence-electron chi connectivity index (χ2n) is 15.0. The van der Waals surface area contributed by atoms with Crippen molar-refractivity contribution in [3.05, 3.63) is 36.5 Å². The molecule has 0 aliphatic rings. The summed E-state index contributed by atoms with van der Waals surface area (Å²) in [5.74, 6) is -0.383. The zero-order valence-corrected chi connectivity index (χ0v) is 36.3. The van der Waals surface area contributed by atoms with Gasteiger partial charge in [-0.05, 0) is 44.9 Å². The van der Waals surface area contributed by atoms with Gasteiger partial charge in [0.1, 0.15) is 12.2 Å². The van der Waals surface area contributed by atoms with Crippen LogP contribution in [0.4, 0.5) is 0 Å². The molecule has 3 unspecified atom stereocenters. The molecule has 0 aromatic carbocycles. The largest absolute Gasteiger partial charge is 0.472 e. The Morgan fingerprint density at radius 3 is 1.56 bits per heavy atom. The lowest BCUT2D eigenvalue weighted by Gasteiger charge is -2.20. The molecule has 0 aromatic rings. The SMILES string of the molecule is CC/C=C\C/C=C\C/C=C\CCCCCCCCCCOCC(COP(=O)(O)OCC(O)CO)OC(=O)CCCCCCCCCCCCCCCCCC. The molecule has 324 valence electrons. The summed E-state index contributed by atoms with van der Waals surface area (Å²) in [5, 5.41) is 18.4. The molecule has 0 aliphatic carbocycles. The molecular formula is C45H85O9P. The Hall–Kier alpha value is -1.32. The summed E-state index contributed by atoms with van der Waals surface area (Å²) in [7, 11) is -4.52. The third-order valence-electron chi connectivity index (χ3n) is 9.59. The van der Waals surface area contributed by atoms with Crippen molar-refractivity contribution in [3.8, 4) is 0 Å². The fraction of sp³-hybridized carbons (Fsp3) is 0.844. The van der Waals surface area contributed by atoms with Crippen LogP contribution in [0.1, 0.15) is 200 Å². The van der Waals surface area contributed by atoms with Gasteiger partial charge in [0.15, 0.2) is 0 Å². The van der Waals surface area contributed by atoms with E-state index in [0.29, 0.717) is 6.61 Å². The molecule has 0 aromatic heterocycles. The molecule has 0 saturated carbocycles. The number of carbonyl (C=O) groups excluding carboxylic acids is 1. The average molecular weight is 801 g/mol. The monoisotopic (exact) mass is 801 g/mol. The molecule has 0 aliphatic heterocycles. The van der Waals surface area contributed by atoms with Crippen LogP contribution < -0.4 is 0 Å². The average Bonchev–Trinajstić information content (AvgIpc) is 3.18. The standard InChI is InChI=1S/C45H85O9P/c1-3-5-7-9-11-13-15-17-19-21-22-24-26-28-30-32-34-36-38-51-41-44(42-53-55(49,50)52-40-43(47)39-46)54-45(48)37-35-33-31-29-27-25-23-20-18-16-14-12-10-8-6-4-2/h5,7,11,13,17,19,43-44,46-47H,3-4,6,8-10,12,14-16,18,20-42H2,1-2H3,(H,49,50)/b7-5-,13-11-,19-17-. The zero-order valence-electron chi connectivity index (χ0n) is 35.4. The number of esters is 1. The van der Waals surface area contributed by atoms with Gasteiger partial charge in [0, 0.05) is 13.0 Å². The number of hydrogen-bond acceptors (Lipinski definition) is 8. The van der Waals surface area contributed by atoms with Crippen LogP contribution in [-0.2, 0) is 27.9 Å². The van der Waals surface area contributed by atoms with Crippen molar-refractivity contribution in [3.63, 3.8) is 0 Å². The Balaban J connectivity index is 4.14. The molecular weight excluding hydrogens is 715 g/mol. The van der Waals surface area contributed by atoms with Crippen LogP contribution in [0.15, 0.2) is 36.5 Å². The highest BCUT2D eigenvalue weighted by Gasteiger charge is 2.26. The van der Waals surface area contributed by atoms with Crippen molar-refractivity contribution in [2.45, 2.75) is 212 Å². The molecule has 0 radical (unpaired) electrons. The van der Waals surface area contributed by atoms with Gasteiger partial charge in [-0.2, -0.15) is 0 Å². The smallest absolute Gasteiger partial charge is 0.457 e. The van der Waals surface area contributed by atoms with Gasteiger partial charge in [0.05, 0.1) is 26.4 Å². The maximum absolute atomic E-state index is 12.6. The lowest BCUT2D eigenvalue weighted by Crippen LogP contribution is -2.29. The first-order chi connectivity index (χ1) is 26.8. The summed E-state index contributed by atoms with van der Waals surface area (Å²) in [4.78, 5) is 22.6. The minimum Gasteiger partial charge on any atom is -0.457 e. The number of unbranched alkanes of at least 4 members (excludes halogenated alkanes) is 23. The third-order valence-corrected chi connectivity index (χ3v) is 10.5. The van der Waals surface area contributed by atoms with Crippen LogP contribution in [0, 0.1) is 0 Å². The van der Waals surface area contributed by atoms with Crippen LogP contribution in [0.2, 0.25) is 0 Å². The van der Waals surface area contributed by atoms with Crippen molar-refractivity contribution < 1.29 is 43.0 Å². The number of phosphoric acid groups is 1. The van der Waals surface area contributed by atoms with E-state index >= 15 is 0 Å². The van der Waals surface area contributed by atoms with Crippen LogP contribution >= 0.6 is 7.82 Å². The molecule has 0 amide bonds. The van der Waals surface area contributed by atoms with Crippen molar-refractivity contribution in [2.75, 3.05) is 33.0 Å². The first-order valence-electron chi connectivity index (χ1n) is 22.5. The number of phosphoric ester groups is 1. The number of hydrogen-bond donors (Lipinski definition) is 3. The first kappa shape index (κ1) is 53.7. The Morgan fingerprint density at radius 1 is 0.582 bits per heavy atom. The van der Waals surface area contributed by atoms with E-state index < -0.39 is 33.2 Å². The highest BCUT2D eigenvalue weighted by atomic mass is 31.2. The number of carbonyl (C=O) groups is 1. The quantitative estimate of drug-likeness (QED) is 0.0239. The number of aliphatic hydroxyl groups is 2. The highest BCUT2D eigenvalue weighted by Crippen LogP contribution is 2.43. The summed E-state index contributed by atoms with van der Waals surface area (Å²) in [5.41, 5.74) is 0. The first-order valence-corrected chi connectivity index (χ1v) is 24.0. The maximum atomic E-state index is 12.6. The summed E-state index contributed by atoms with van der Waals surface area (Å²) in [6.07, 6.45) is 45.3. The molecule has 9 nitrogen and oxygen atoms in total. The minimum atomic E-state index is -4.52. The molecule has 0 rings (SSSR count). The molecule has 0 fully saturated rings. The lowest BCUT2D eigenvalue weighted by atomic mass is 10.0. The Labute approximate surface area is 337 Å². The lowest BCUT2D eigenvalue weighted by molar-refractivity contribution is -0.154. The van der Waals surface area contributed by atoms with E-state index in [2.05, 4.69) is 50.3 Å². The summed E-state index contributed by atoms with van der Waals surface area (Å²) in [6, 6.07) is 0. The summed E-state index contributed by atoms with van der Waals surface area (Å²) in [6.45, 7) is 3.42. The number of rotatable bonds is 43. The van der Waals surface area contributed by atoms with Gasteiger partial charge in [-0.1, -0.05) is 185 Å². The van der Waals surface area contributed by atoms with Gasteiger partial charge in [-0.3, -0.25) is 13.8 Å². The predicted octanol–water partition coefficient (Wildman–Crippen LogP) is 12.4. The minimum absolute atomic E-state index is 0.0466. The van der Waals surface area contributed by atoms with E-state index in [1.807, 2.05) is 0 Å². The van der Waals surface area contributed by atoms with Crippen LogP contribution in [0.5, 0.6) is 0 Å². The van der Waals surface area contributed by atoms with E-state index in [1.54, 1.807) is 0 Å². The van der Waals surface area contributed by atoms with Gasteiger partial charge in [-0.15, -0.1) is 0 Å². The van der Waals surface area contributed by atoms with E-state index in [4.69, 9.17) is 23.6 Å². The van der Waals surface area contributed by atoms with Gasteiger partial charge in [0.2, 0.25) is 0 Å². The second kappa shape index (κ2) is 42.3. The zero-order chi connectivity index (χ0) is 40.3. The van der Waals surface area contributed by atoms with Crippen molar-refractivity contribution in [1.29, 1.82) is 0 Å². The van der Waals surface area contributed by atoms with Crippen molar-refractivity contribution in [1.82, 2.24) is 0 Å². The van der Waals surface area contributed by atoms with Gasteiger partial charge < -0.3 is 24.6 Å². The molecule has 3 atom stereocenters. The Morgan fingerprint density at radius 2 is 1.04 bits per heavy atom. The highest BCUT2D eigenvalue weighted by molar-refractivity contribution is 7.47. The van der Waals surface area contributed by atoms with Crippen LogP contribution in [-0.4, -0.2) is 66.3 Å². The fourth-order valence-corrected chi connectivity index (χ4v) is 6.98. The molecule has 55 heavy (non-hydrogen) atoms. The fourth-order valence-electron chi connectivity index (χ4n) is 6.19. The summed E-state index contributed by atoms with van der Waals surface area (Å²) < 4.78 is 33.4. The van der Waals surface area contributed by atoms with Crippen molar-refractivity contribution in [2.24, 2.45) is 0 Å². The number of ether oxygens (including phenoxy) is 2. The van der Waals surface area contributed by atoms with Crippen LogP contribution in [0.25, 0.3) is 0 Å². The molecule has 3 N–H and O–H groups in total. The van der Waals surface area contributed by atoms with Crippen molar-refractivity contribution >= 4 is 13.8 Å². The predicted molar refractivity (Wildman–Crippen MR) is 228 cm³/mol. The second-order valence-corrected chi connectivity index (χ2v) is 16.5. The van der Waals surface area contributed by atoms with E-state index in [1.165, 1.54) is 116 Å². The summed E-state index contributed by atoms with van der Waals surface area (Å²) >= 11 is 0. The van der Waals surface area contributed by atoms with E-state index in [9.17, 15) is 19.4 Å². The molecule has 10 heteroatoms. The molecule has 0 saturated heterocycles. The normalized spacial score (nSPS) is 14.3. The number of aliphatic hydroxyl groups excluding tert-OH is 2. The molecule has 0 heterocycles. The molecule has 0 bridgehead atoms. The van der Waals surface area contributed by atoms with Gasteiger partial charge in [-0.25, -0.2) is 4.57 Å². The van der Waals surface area contributed by atoms with Gasteiger partial charge >= 0.3 is 13.8 Å². The Bertz CT molecular complexity index is 955. The Kier molecular flexibility index (Phi) is 41.3. The maximum Gasteiger partial charge on any atom is 0.472 e. The van der Waals surface area contributed by atoms with E-state index in [0.717, 1.165) is 64.2 Å². The van der Waals surface area contributed by atoms with Gasteiger partial charge in [0.25, 0.3) is 0 Å². The molecule has 0 spiro atoms. The topological polar surface area (TPSA) is 132 Å².